The van der Waals surface area contributed by atoms with Gasteiger partial charge in [-0.2, -0.15) is 5.26 Å². The number of nitrogens with zero attached hydrogens (tertiary/aromatic N) is 2. The topological polar surface area (TPSA) is 89.0 Å². The van der Waals surface area contributed by atoms with E-state index in [1.807, 2.05) is 0 Å². The normalized spacial score (nSPS) is 19.0. The Bertz CT molecular complexity index is 890. The molecule has 1 aromatic heterocycles. The van der Waals surface area contributed by atoms with Crippen molar-refractivity contribution < 1.29 is 18.4 Å². The molecule has 1 aromatic carbocycles. The number of carbonyl (C=O) groups excluding carboxylic acids is 2. The van der Waals surface area contributed by atoms with Gasteiger partial charge in [-0.3, -0.25) is 9.59 Å². The molecule has 1 saturated heterocycles. The van der Waals surface area contributed by atoms with E-state index in [1.54, 1.807) is 24.3 Å². The van der Waals surface area contributed by atoms with Crippen LogP contribution in [0.2, 0.25) is 0 Å². The van der Waals surface area contributed by atoms with Gasteiger partial charge in [0.2, 0.25) is 5.91 Å². The standard InChI is InChI=1S/C16H13BrF2N4O2/c17-9-1-2-11-12(6-21-13(11)3-9)15(25)22-7-14(24)23-8-16(18,19)4-10(23)5-20/h1-3,6,10,21H,4,7-8H2,(H,22,25)/t10-/m0/s1. The molecule has 0 unspecified atom stereocenters. The van der Waals surface area contributed by atoms with Gasteiger partial charge in [0, 0.05) is 28.0 Å². The lowest BCUT2D eigenvalue weighted by Gasteiger charge is -2.19. The fourth-order valence-electron chi connectivity index (χ4n) is 2.83. The molecule has 0 saturated carbocycles. The molecule has 3 rings (SSSR count). The second-order valence-corrected chi connectivity index (χ2v) is 6.72. The van der Waals surface area contributed by atoms with E-state index in [2.05, 4.69) is 26.2 Å². The predicted molar refractivity (Wildman–Crippen MR) is 89.0 cm³/mol. The summed E-state index contributed by atoms with van der Waals surface area (Å²) in [7, 11) is 0. The molecule has 6 nitrogen and oxygen atoms in total. The summed E-state index contributed by atoms with van der Waals surface area (Å²) in [5, 5.41) is 12.0. The van der Waals surface area contributed by atoms with Crippen LogP contribution in [0.3, 0.4) is 0 Å². The van der Waals surface area contributed by atoms with Crippen molar-refractivity contribution in [1.29, 1.82) is 5.26 Å². The first kappa shape index (κ1) is 17.4. The lowest BCUT2D eigenvalue weighted by Crippen LogP contribution is -2.42. The summed E-state index contributed by atoms with van der Waals surface area (Å²) in [4.78, 5) is 28.1. The van der Waals surface area contributed by atoms with Crippen LogP contribution in [-0.2, 0) is 4.79 Å². The molecule has 0 bridgehead atoms. The van der Waals surface area contributed by atoms with Gasteiger partial charge in [0.1, 0.15) is 6.04 Å². The van der Waals surface area contributed by atoms with Gasteiger partial charge < -0.3 is 15.2 Å². The van der Waals surface area contributed by atoms with E-state index in [0.717, 1.165) is 14.9 Å². The van der Waals surface area contributed by atoms with E-state index >= 15 is 0 Å². The molecule has 25 heavy (non-hydrogen) atoms. The molecule has 1 aliphatic rings. The molecule has 2 amide bonds. The first-order valence-corrected chi connectivity index (χ1v) is 8.22. The van der Waals surface area contributed by atoms with Crippen molar-refractivity contribution in [3.63, 3.8) is 0 Å². The Hall–Kier alpha value is -2.47. The van der Waals surface area contributed by atoms with Crippen molar-refractivity contribution in [3.05, 3.63) is 34.4 Å². The second-order valence-electron chi connectivity index (χ2n) is 5.80. The lowest BCUT2D eigenvalue weighted by molar-refractivity contribution is -0.131. The number of nitriles is 1. The summed E-state index contributed by atoms with van der Waals surface area (Å²) in [6.07, 6.45) is 0.833. The second kappa shape index (κ2) is 6.44. The van der Waals surface area contributed by atoms with Gasteiger partial charge in [0.15, 0.2) is 0 Å². The summed E-state index contributed by atoms with van der Waals surface area (Å²) in [6, 6.07) is 5.86. The number of nitrogens with one attached hydrogen (secondary N) is 2. The quantitative estimate of drug-likeness (QED) is 0.813. The number of fused-ring (bicyclic) bond motifs is 1. The molecule has 2 N–H and O–H groups in total. The molecule has 0 spiro atoms. The molecule has 1 atom stereocenters. The van der Waals surface area contributed by atoms with Gasteiger partial charge in [-0.05, 0) is 12.1 Å². The van der Waals surface area contributed by atoms with Gasteiger partial charge in [-0.1, -0.05) is 22.0 Å². The summed E-state index contributed by atoms with van der Waals surface area (Å²) >= 11 is 3.33. The van der Waals surface area contributed by atoms with Crippen LogP contribution in [0.4, 0.5) is 8.78 Å². The number of aromatic amines is 1. The number of H-pyrrole nitrogens is 1. The monoisotopic (exact) mass is 410 g/mol. The third-order valence-corrected chi connectivity index (χ3v) is 4.52. The molecule has 9 heteroatoms. The summed E-state index contributed by atoms with van der Waals surface area (Å²) in [5.74, 6) is -4.29. The number of alkyl halides is 2. The Balaban J connectivity index is 1.67. The first-order valence-electron chi connectivity index (χ1n) is 7.42. The first-order chi connectivity index (χ1) is 11.8. The van der Waals surface area contributed by atoms with Gasteiger partial charge in [-0.25, -0.2) is 8.78 Å². The van der Waals surface area contributed by atoms with Crippen LogP contribution in [0.25, 0.3) is 10.9 Å². The van der Waals surface area contributed by atoms with Crippen LogP contribution in [0.5, 0.6) is 0 Å². The third-order valence-electron chi connectivity index (χ3n) is 4.03. The van der Waals surface area contributed by atoms with Crippen molar-refractivity contribution >= 4 is 38.6 Å². The number of carbonyl (C=O) groups is 2. The summed E-state index contributed by atoms with van der Waals surface area (Å²) in [5.41, 5.74) is 1.09. The van der Waals surface area contributed by atoms with Gasteiger partial charge in [0.05, 0.1) is 24.7 Å². The average molecular weight is 411 g/mol. The van der Waals surface area contributed by atoms with E-state index < -0.39 is 43.3 Å². The molecule has 130 valence electrons. The van der Waals surface area contributed by atoms with E-state index in [9.17, 15) is 18.4 Å². The van der Waals surface area contributed by atoms with Crippen LogP contribution >= 0.6 is 15.9 Å². The molecule has 1 fully saturated rings. The molecule has 0 aliphatic carbocycles. The number of amides is 2. The van der Waals surface area contributed by atoms with Crippen LogP contribution in [0.1, 0.15) is 16.8 Å². The minimum atomic E-state index is -3.08. The van der Waals surface area contributed by atoms with Gasteiger partial charge in [0.25, 0.3) is 11.8 Å². The van der Waals surface area contributed by atoms with Crippen molar-refractivity contribution in [2.24, 2.45) is 0 Å². The Morgan fingerprint density at radius 3 is 2.96 bits per heavy atom. The number of hydrogen-bond donors (Lipinski definition) is 2. The van der Waals surface area contributed by atoms with Gasteiger partial charge in [-0.15, -0.1) is 0 Å². The highest BCUT2D eigenvalue weighted by Gasteiger charge is 2.47. The van der Waals surface area contributed by atoms with Crippen LogP contribution in [-0.4, -0.2) is 46.8 Å². The number of aromatic nitrogens is 1. The number of rotatable bonds is 3. The molecule has 0 radical (unpaired) electrons. The SMILES string of the molecule is N#C[C@@H]1CC(F)(F)CN1C(=O)CNC(=O)c1c[nH]c2cc(Br)ccc12. The summed E-state index contributed by atoms with van der Waals surface area (Å²) in [6.45, 7) is -1.25. The number of likely N-dealkylation sites (tertiary alicyclic amines) is 1. The zero-order valence-corrected chi connectivity index (χ0v) is 14.4. The fraction of sp³-hybridized carbons (Fsp3) is 0.312. The lowest BCUT2D eigenvalue weighted by atomic mass is 10.1. The minimum Gasteiger partial charge on any atom is -0.360 e. The van der Waals surface area contributed by atoms with Crippen molar-refractivity contribution in [2.75, 3.05) is 13.1 Å². The average Bonchev–Trinajstić information content (AvgIpc) is 3.11. The molecular formula is C16H13BrF2N4O2. The zero-order chi connectivity index (χ0) is 18.2. The summed E-state index contributed by atoms with van der Waals surface area (Å²) < 4.78 is 27.6. The maximum atomic E-state index is 13.4. The maximum absolute atomic E-state index is 13.4. The van der Waals surface area contributed by atoms with Crippen LogP contribution in [0, 0.1) is 11.3 Å². The van der Waals surface area contributed by atoms with E-state index in [4.69, 9.17) is 5.26 Å². The fourth-order valence-corrected chi connectivity index (χ4v) is 3.19. The minimum absolute atomic E-state index is 0.346. The molecule has 2 aromatic rings. The van der Waals surface area contributed by atoms with E-state index in [0.29, 0.717) is 10.9 Å². The van der Waals surface area contributed by atoms with Crippen LogP contribution in [0.15, 0.2) is 28.9 Å². The zero-order valence-electron chi connectivity index (χ0n) is 12.9. The molecular weight excluding hydrogens is 398 g/mol. The Morgan fingerprint density at radius 1 is 1.48 bits per heavy atom. The van der Waals surface area contributed by atoms with E-state index in [1.165, 1.54) is 6.20 Å². The maximum Gasteiger partial charge on any atom is 0.268 e. The smallest absolute Gasteiger partial charge is 0.268 e. The molecule has 2 heterocycles. The predicted octanol–water partition coefficient (Wildman–Crippen LogP) is 2.42. The van der Waals surface area contributed by atoms with E-state index in [-0.39, 0.29) is 0 Å². The van der Waals surface area contributed by atoms with Crippen molar-refractivity contribution in [2.45, 2.75) is 18.4 Å². The van der Waals surface area contributed by atoms with Crippen LogP contribution < -0.4 is 5.32 Å². The Morgan fingerprint density at radius 2 is 2.24 bits per heavy atom. The Labute approximate surface area is 149 Å². The van der Waals surface area contributed by atoms with Gasteiger partial charge >= 0.3 is 0 Å². The highest BCUT2D eigenvalue weighted by atomic mass is 79.9. The van der Waals surface area contributed by atoms with Crippen molar-refractivity contribution in [1.82, 2.24) is 15.2 Å². The third kappa shape index (κ3) is 3.49. The highest BCUT2D eigenvalue weighted by molar-refractivity contribution is 9.10. The van der Waals surface area contributed by atoms with Crippen molar-refractivity contribution in [3.8, 4) is 6.07 Å². The number of benzene rings is 1. The Kier molecular flexibility index (Phi) is 4.47. The number of halogens is 3. The molecule has 1 aliphatic heterocycles. The largest absolute Gasteiger partial charge is 0.360 e. The highest BCUT2D eigenvalue weighted by Crippen LogP contribution is 2.31. The number of hydrogen-bond acceptors (Lipinski definition) is 3.